The van der Waals surface area contributed by atoms with Gasteiger partial charge in [-0.3, -0.25) is 9.97 Å². The van der Waals surface area contributed by atoms with Crippen molar-refractivity contribution >= 4 is 11.0 Å². The molecule has 0 bridgehead atoms. The predicted octanol–water partition coefficient (Wildman–Crippen LogP) is 8.31. The molecule has 0 N–H and O–H groups in total. The van der Waals surface area contributed by atoms with Crippen molar-refractivity contribution in [3.8, 4) is 22.3 Å². The second kappa shape index (κ2) is 9.66. The summed E-state index contributed by atoms with van der Waals surface area (Å²) in [6.07, 6.45) is 6.02. The average Bonchev–Trinajstić information content (AvgIpc) is 3.48. The Balaban J connectivity index is 1.62. The lowest BCUT2D eigenvalue weighted by molar-refractivity contribution is 0.393. The van der Waals surface area contributed by atoms with E-state index in [2.05, 4.69) is 97.4 Å². The second-order valence-corrected chi connectivity index (χ2v) is 11.1. The molecular formula is C34H32N4O. The summed E-state index contributed by atoms with van der Waals surface area (Å²) in [7, 11) is 0. The molecule has 0 aliphatic carbocycles. The fourth-order valence-electron chi connectivity index (χ4n) is 5.38. The smallest absolute Gasteiger partial charge is 0.141 e. The largest absolute Gasteiger partial charge is 0.361 e. The Morgan fingerprint density at radius 2 is 1.56 bits per heavy atom. The van der Waals surface area contributed by atoms with Crippen LogP contribution >= 0.6 is 0 Å². The maximum absolute atomic E-state index is 5.50. The van der Waals surface area contributed by atoms with E-state index >= 15 is 0 Å². The minimum atomic E-state index is -0.126. The van der Waals surface area contributed by atoms with E-state index in [0.29, 0.717) is 0 Å². The first-order valence-electron chi connectivity index (χ1n) is 13.3. The molecular weight excluding hydrogens is 480 g/mol. The zero-order chi connectivity index (χ0) is 27.1. The maximum atomic E-state index is 5.50. The molecule has 6 rings (SSSR count). The Labute approximate surface area is 229 Å². The van der Waals surface area contributed by atoms with Crippen LogP contribution in [0.15, 0.2) is 102 Å². The van der Waals surface area contributed by atoms with Gasteiger partial charge in [0, 0.05) is 35.3 Å². The lowest BCUT2D eigenvalue weighted by Crippen LogP contribution is -2.13. The summed E-state index contributed by atoms with van der Waals surface area (Å²) in [4.78, 5) is 9.84. The first kappa shape index (κ1) is 24.8. The van der Waals surface area contributed by atoms with Crippen LogP contribution in [0.1, 0.15) is 55.1 Å². The molecule has 0 amide bonds. The zero-order valence-electron chi connectivity index (χ0n) is 23.0. The minimum Gasteiger partial charge on any atom is -0.361 e. The topological polar surface area (TPSA) is 56.7 Å². The Morgan fingerprint density at radius 1 is 0.821 bits per heavy atom. The highest BCUT2D eigenvalue weighted by Crippen LogP contribution is 2.38. The van der Waals surface area contributed by atoms with E-state index in [9.17, 15) is 0 Å². The van der Waals surface area contributed by atoms with E-state index in [1.807, 2.05) is 44.4 Å². The van der Waals surface area contributed by atoms with E-state index < -0.39 is 0 Å². The molecule has 5 nitrogen and oxygen atoms in total. The maximum Gasteiger partial charge on any atom is 0.141 e. The molecule has 0 fully saturated rings. The van der Waals surface area contributed by atoms with Crippen LogP contribution in [0.25, 0.3) is 33.3 Å². The third-order valence-corrected chi connectivity index (χ3v) is 7.41. The van der Waals surface area contributed by atoms with Crippen LogP contribution in [0.4, 0.5) is 0 Å². The molecule has 39 heavy (non-hydrogen) atoms. The van der Waals surface area contributed by atoms with Gasteiger partial charge in [0.05, 0.1) is 22.4 Å². The molecule has 0 aliphatic heterocycles. The van der Waals surface area contributed by atoms with Crippen molar-refractivity contribution in [3.63, 3.8) is 0 Å². The van der Waals surface area contributed by atoms with Crippen LogP contribution in [-0.2, 0) is 5.41 Å². The summed E-state index contributed by atoms with van der Waals surface area (Å²) in [6, 6.07) is 27.6. The number of aromatic nitrogens is 4. The number of pyridine rings is 2. The normalized spacial score (nSPS) is 12.6. The minimum absolute atomic E-state index is 0.0887. The van der Waals surface area contributed by atoms with Gasteiger partial charge in [-0.05, 0) is 54.2 Å². The van der Waals surface area contributed by atoms with Crippen molar-refractivity contribution in [1.29, 1.82) is 0 Å². The molecule has 5 heteroatoms. The third-order valence-electron chi connectivity index (χ3n) is 7.41. The van der Waals surface area contributed by atoms with Crippen LogP contribution in [0.3, 0.4) is 0 Å². The molecule has 1 unspecified atom stereocenters. The highest BCUT2D eigenvalue weighted by atomic mass is 16.5. The molecule has 0 saturated heterocycles. The number of aryl methyl sites for hydroxylation is 2. The molecule has 4 heterocycles. The van der Waals surface area contributed by atoms with Crippen molar-refractivity contribution < 1.29 is 4.52 Å². The van der Waals surface area contributed by atoms with E-state index in [4.69, 9.17) is 14.5 Å². The SMILES string of the molecule is Cc1noc(C)c1-c1cnc2c(-c3ccc(C(C)(C)C)cc3)cn(C(c3ccccc3)c3ccccn3)c2c1. The summed E-state index contributed by atoms with van der Waals surface area (Å²) < 4.78 is 7.81. The fourth-order valence-corrected chi connectivity index (χ4v) is 5.38. The van der Waals surface area contributed by atoms with Gasteiger partial charge in [0.1, 0.15) is 11.8 Å². The van der Waals surface area contributed by atoms with Gasteiger partial charge in [-0.2, -0.15) is 0 Å². The number of hydrogen-bond acceptors (Lipinski definition) is 4. The quantitative estimate of drug-likeness (QED) is 0.233. The number of rotatable bonds is 5. The average molecular weight is 513 g/mol. The van der Waals surface area contributed by atoms with Gasteiger partial charge in [0.2, 0.25) is 0 Å². The molecule has 0 aliphatic rings. The highest BCUT2D eigenvalue weighted by Gasteiger charge is 2.24. The first-order valence-corrected chi connectivity index (χ1v) is 13.3. The Kier molecular flexibility index (Phi) is 6.15. The van der Waals surface area contributed by atoms with E-state index in [1.165, 1.54) is 5.56 Å². The van der Waals surface area contributed by atoms with E-state index in [0.717, 1.165) is 56.0 Å². The number of hydrogen-bond donors (Lipinski definition) is 0. The van der Waals surface area contributed by atoms with Gasteiger partial charge >= 0.3 is 0 Å². The summed E-state index contributed by atoms with van der Waals surface area (Å²) in [5.41, 5.74) is 10.6. The molecule has 6 aromatic rings. The highest BCUT2D eigenvalue weighted by molar-refractivity contribution is 5.95. The second-order valence-electron chi connectivity index (χ2n) is 11.1. The van der Waals surface area contributed by atoms with Gasteiger partial charge in [0.15, 0.2) is 0 Å². The van der Waals surface area contributed by atoms with Gasteiger partial charge in [-0.15, -0.1) is 0 Å². The lowest BCUT2D eigenvalue weighted by atomic mass is 9.86. The van der Waals surface area contributed by atoms with Crippen molar-refractivity contribution in [3.05, 3.63) is 126 Å². The van der Waals surface area contributed by atoms with Crippen LogP contribution < -0.4 is 0 Å². The van der Waals surface area contributed by atoms with Gasteiger partial charge in [-0.25, -0.2) is 0 Å². The molecule has 2 aromatic carbocycles. The summed E-state index contributed by atoms with van der Waals surface area (Å²) in [6.45, 7) is 10.6. The monoisotopic (exact) mass is 512 g/mol. The third kappa shape index (κ3) is 4.54. The van der Waals surface area contributed by atoms with Crippen LogP contribution in [0, 0.1) is 13.8 Å². The summed E-state index contributed by atoms with van der Waals surface area (Å²) in [5.74, 6) is 0.786. The van der Waals surface area contributed by atoms with Crippen molar-refractivity contribution in [2.24, 2.45) is 0 Å². The van der Waals surface area contributed by atoms with E-state index in [-0.39, 0.29) is 11.5 Å². The molecule has 0 saturated carbocycles. The standard InChI is InChI=1S/C34H32N4O/c1-22-31(23(2)39-37-22)26-19-30-32(36-20-26)28(24-14-16-27(17-15-24)34(3,4)5)21-38(30)33(25-11-7-6-8-12-25)29-13-9-10-18-35-29/h6-21,33H,1-5H3. The van der Waals surface area contributed by atoms with Gasteiger partial charge < -0.3 is 9.09 Å². The predicted molar refractivity (Wildman–Crippen MR) is 157 cm³/mol. The van der Waals surface area contributed by atoms with Crippen LogP contribution in [0.2, 0.25) is 0 Å². The van der Waals surface area contributed by atoms with Crippen molar-refractivity contribution in [2.45, 2.75) is 46.1 Å². The number of benzene rings is 2. The number of nitrogens with zero attached hydrogens (tertiary/aromatic N) is 4. The molecule has 1 atom stereocenters. The van der Waals surface area contributed by atoms with Crippen LogP contribution in [-0.4, -0.2) is 19.7 Å². The van der Waals surface area contributed by atoms with Gasteiger partial charge in [0.25, 0.3) is 0 Å². The summed E-state index contributed by atoms with van der Waals surface area (Å²) >= 11 is 0. The molecule has 0 radical (unpaired) electrons. The van der Waals surface area contributed by atoms with Crippen LogP contribution in [0.5, 0.6) is 0 Å². The van der Waals surface area contributed by atoms with E-state index in [1.54, 1.807) is 0 Å². The molecule has 0 spiro atoms. The Hall–Kier alpha value is -4.51. The summed E-state index contributed by atoms with van der Waals surface area (Å²) in [5, 5.41) is 4.19. The lowest BCUT2D eigenvalue weighted by Gasteiger charge is -2.20. The molecule has 194 valence electrons. The van der Waals surface area contributed by atoms with Gasteiger partial charge in [-0.1, -0.05) is 86.6 Å². The van der Waals surface area contributed by atoms with Crippen molar-refractivity contribution in [1.82, 2.24) is 19.7 Å². The number of fused-ring (bicyclic) bond motifs is 1. The zero-order valence-corrected chi connectivity index (χ0v) is 23.0. The Bertz CT molecular complexity index is 1680. The Morgan fingerprint density at radius 3 is 2.21 bits per heavy atom. The molecule has 4 aromatic heterocycles. The van der Waals surface area contributed by atoms with Crippen molar-refractivity contribution in [2.75, 3.05) is 0 Å². The fraction of sp³-hybridized carbons (Fsp3) is 0.206. The first-order chi connectivity index (χ1) is 18.8.